The predicted molar refractivity (Wildman–Crippen MR) is 67.4 cm³/mol. The third-order valence-corrected chi connectivity index (χ3v) is 2.91. The molecule has 0 aliphatic rings. The number of fused-ring (bicyclic) bond motifs is 1. The second-order valence-corrected chi connectivity index (χ2v) is 4.44. The Kier molecular flexibility index (Phi) is 2.49. The quantitative estimate of drug-likeness (QED) is 0.699. The van der Waals surface area contributed by atoms with Gasteiger partial charge >= 0.3 is 0 Å². The molecule has 0 unspecified atom stereocenters. The smallest absolute Gasteiger partial charge is 0.0963 e. The second-order valence-electron chi connectivity index (χ2n) is 3.59. The highest BCUT2D eigenvalue weighted by Gasteiger charge is 2.15. The van der Waals surface area contributed by atoms with Gasteiger partial charge in [-0.15, -0.1) is 0 Å². The van der Waals surface area contributed by atoms with E-state index in [1.807, 2.05) is 19.1 Å². The van der Waals surface area contributed by atoms with Crippen LogP contribution in [0.1, 0.15) is 5.56 Å². The maximum absolute atomic E-state index is 5.56. The van der Waals surface area contributed by atoms with Crippen LogP contribution in [0.25, 0.3) is 10.9 Å². The van der Waals surface area contributed by atoms with Crippen molar-refractivity contribution in [2.24, 2.45) is 0 Å². The minimum atomic E-state index is -1.47. The minimum absolute atomic E-state index is 0.843. The third-order valence-electron chi connectivity index (χ3n) is 2.22. The van der Waals surface area contributed by atoms with E-state index in [0.717, 1.165) is 20.9 Å². The molecule has 6 heteroatoms. The summed E-state index contributed by atoms with van der Waals surface area (Å²) >= 11 is 3.44. The number of benzene rings is 1. The summed E-state index contributed by atoms with van der Waals surface area (Å²) in [5.41, 5.74) is 1.89. The van der Waals surface area contributed by atoms with Gasteiger partial charge in [-0.3, -0.25) is 4.68 Å². The second kappa shape index (κ2) is 3.44. The van der Waals surface area contributed by atoms with Gasteiger partial charge in [-0.25, -0.2) is 0 Å². The van der Waals surface area contributed by atoms with Crippen molar-refractivity contribution in [1.29, 1.82) is 0 Å². The Balaban J connectivity index is 2.76. The van der Waals surface area contributed by atoms with E-state index in [0.29, 0.717) is 0 Å². The molecule has 0 amide bonds. The van der Waals surface area contributed by atoms with Gasteiger partial charge in [0, 0.05) is 16.1 Å². The van der Waals surface area contributed by atoms with Crippen LogP contribution in [0.3, 0.4) is 0 Å². The molecule has 0 saturated carbocycles. The number of halogens is 1. The standard InChI is InChI=1S/C9H6B3BrN2/c1-5-2-3-7(13)6-4-15(9(10,11)12)14-8(5)6/h2-4H,1H3. The molecule has 1 aromatic carbocycles. The SMILES string of the molecule is [B]C([B])([B])n1cc2c(Br)ccc(C)c2n1. The number of rotatable bonds is 1. The van der Waals surface area contributed by atoms with Gasteiger partial charge in [0.1, 0.15) is 0 Å². The topological polar surface area (TPSA) is 17.8 Å². The molecule has 2 nitrogen and oxygen atoms in total. The normalized spacial score (nSPS) is 12.1. The average Bonchev–Trinajstić information content (AvgIpc) is 2.56. The summed E-state index contributed by atoms with van der Waals surface area (Å²) < 4.78 is 2.30. The summed E-state index contributed by atoms with van der Waals surface area (Å²) in [5, 5.41) is 3.73. The van der Waals surface area contributed by atoms with Crippen molar-refractivity contribution in [3.05, 3.63) is 28.4 Å². The van der Waals surface area contributed by atoms with Crippen LogP contribution in [0.4, 0.5) is 0 Å². The van der Waals surface area contributed by atoms with Crippen molar-refractivity contribution in [2.45, 2.75) is 12.2 Å². The van der Waals surface area contributed by atoms with Crippen molar-refractivity contribution in [3.8, 4) is 0 Å². The fourth-order valence-corrected chi connectivity index (χ4v) is 1.83. The van der Waals surface area contributed by atoms with Crippen LogP contribution in [-0.2, 0) is 5.24 Å². The summed E-state index contributed by atoms with van der Waals surface area (Å²) in [6.07, 6.45) is 1.73. The summed E-state index contributed by atoms with van der Waals surface area (Å²) in [6.45, 7) is 1.97. The lowest BCUT2D eigenvalue weighted by Crippen LogP contribution is -2.35. The third kappa shape index (κ3) is 1.87. The predicted octanol–water partition coefficient (Wildman–Crippen LogP) is 1.18. The van der Waals surface area contributed by atoms with Crippen LogP contribution >= 0.6 is 15.9 Å². The van der Waals surface area contributed by atoms with Crippen molar-refractivity contribution < 1.29 is 0 Å². The van der Waals surface area contributed by atoms with Crippen LogP contribution in [0.2, 0.25) is 0 Å². The maximum Gasteiger partial charge on any atom is 0.0963 e. The van der Waals surface area contributed by atoms with E-state index in [9.17, 15) is 0 Å². The van der Waals surface area contributed by atoms with Crippen LogP contribution in [0.5, 0.6) is 0 Å². The van der Waals surface area contributed by atoms with E-state index in [2.05, 4.69) is 21.0 Å². The molecule has 0 aliphatic carbocycles. The van der Waals surface area contributed by atoms with E-state index in [-0.39, 0.29) is 0 Å². The first-order valence-corrected chi connectivity index (χ1v) is 5.20. The van der Waals surface area contributed by atoms with Gasteiger partial charge in [-0.1, -0.05) is 22.0 Å². The largest absolute Gasteiger partial charge is 0.291 e. The molecule has 0 bridgehead atoms. The molecule has 0 saturated heterocycles. The first-order valence-electron chi connectivity index (χ1n) is 4.41. The number of nitrogens with zero attached hydrogens (tertiary/aromatic N) is 2. The molecular weight excluding hydrogens is 248 g/mol. The maximum atomic E-state index is 5.56. The molecule has 1 heterocycles. The van der Waals surface area contributed by atoms with Gasteiger partial charge in [-0.2, -0.15) is 5.10 Å². The Morgan fingerprint density at radius 3 is 2.53 bits per heavy atom. The summed E-state index contributed by atoms with van der Waals surface area (Å²) in [7, 11) is 16.7. The van der Waals surface area contributed by atoms with Gasteiger partial charge in [0.05, 0.1) is 29.1 Å². The Morgan fingerprint density at radius 1 is 1.33 bits per heavy atom. The van der Waals surface area contributed by atoms with Gasteiger partial charge in [0.15, 0.2) is 0 Å². The molecule has 0 aliphatic heterocycles. The monoisotopic (exact) mass is 254 g/mol. The summed E-state index contributed by atoms with van der Waals surface area (Å²) in [4.78, 5) is 0. The Bertz CT molecular complexity index is 477. The zero-order valence-corrected chi connectivity index (χ0v) is 9.82. The zero-order valence-electron chi connectivity index (χ0n) is 8.24. The molecule has 2 rings (SSSR count). The van der Waals surface area contributed by atoms with Crippen molar-refractivity contribution in [1.82, 2.24) is 9.78 Å². The van der Waals surface area contributed by atoms with Crippen molar-refractivity contribution in [3.63, 3.8) is 0 Å². The molecule has 68 valence electrons. The fraction of sp³-hybridized carbons (Fsp3) is 0.222. The first kappa shape index (κ1) is 10.9. The van der Waals surface area contributed by atoms with Crippen molar-refractivity contribution >= 4 is 50.4 Å². The van der Waals surface area contributed by atoms with E-state index >= 15 is 0 Å². The Labute approximate surface area is 101 Å². The number of hydrogen-bond acceptors (Lipinski definition) is 1. The average molecular weight is 255 g/mol. The van der Waals surface area contributed by atoms with Gasteiger partial charge in [-0.05, 0) is 23.8 Å². The lowest BCUT2D eigenvalue weighted by Gasteiger charge is -2.20. The van der Waals surface area contributed by atoms with Crippen LogP contribution < -0.4 is 0 Å². The summed E-state index contributed by atoms with van der Waals surface area (Å²) in [5.74, 6) is 0. The number of aromatic nitrogens is 2. The van der Waals surface area contributed by atoms with E-state index < -0.39 is 5.24 Å². The lowest BCUT2D eigenvalue weighted by molar-refractivity contribution is 0.679. The van der Waals surface area contributed by atoms with E-state index in [1.54, 1.807) is 6.20 Å². The molecule has 1 aromatic heterocycles. The highest BCUT2D eigenvalue weighted by molar-refractivity contribution is 9.10. The molecule has 0 N–H and O–H groups in total. The van der Waals surface area contributed by atoms with Gasteiger partial charge in [0.25, 0.3) is 0 Å². The van der Waals surface area contributed by atoms with Crippen LogP contribution in [-0.4, -0.2) is 33.3 Å². The lowest BCUT2D eigenvalue weighted by atomic mass is 9.49. The Hall–Kier alpha value is -0.635. The first-order chi connectivity index (χ1) is 6.89. The zero-order chi connectivity index (χ0) is 11.2. The highest BCUT2D eigenvalue weighted by atomic mass is 79.9. The fourth-order valence-electron chi connectivity index (χ4n) is 1.41. The molecule has 2 aromatic rings. The molecule has 6 radical (unpaired) electrons. The van der Waals surface area contributed by atoms with Crippen LogP contribution in [0, 0.1) is 6.92 Å². The minimum Gasteiger partial charge on any atom is -0.291 e. The molecule has 0 fully saturated rings. The molecule has 0 spiro atoms. The van der Waals surface area contributed by atoms with E-state index in [1.165, 1.54) is 4.68 Å². The number of aryl methyl sites for hydroxylation is 1. The number of hydrogen-bond donors (Lipinski definition) is 0. The van der Waals surface area contributed by atoms with Crippen LogP contribution in [0.15, 0.2) is 22.8 Å². The summed E-state index contributed by atoms with van der Waals surface area (Å²) in [6, 6.07) is 3.92. The van der Waals surface area contributed by atoms with Gasteiger partial charge < -0.3 is 0 Å². The van der Waals surface area contributed by atoms with Gasteiger partial charge in [0.2, 0.25) is 0 Å². The molecule has 0 atom stereocenters. The van der Waals surface area contributed by atoms with Crippen molar-refractivity contribution in [2.75, 3.05) is 0 Å². The molecular formula is C9H6B3BrN2. The molecule has 15 heavy (non-hydrogen) atoms. The highest BCUT2D eigenvalue weighted by Crippen LogP contribution is 2.26. The van der Waals surface area contributed by atoms with E-state index in [4.69, 9.17) is 23.5 Å². The Morgan fingerprint density at radius 2 is 2.00 bits per heavy atom.